The summed E-state index contributed by atoms with van der Waals surface area (Å²) in [6.07, 6.45) is 0. The molecule has 0 saturated heterocycles. The Morgan fingerprint density at radius 2 is 1.94 bits per heavy atom. The molecule has 0 spiro atoms. The summed E-state index contributed by atoms with van der Waals surface area (Å²) in [4.78, 5) is 4.63. The molecule has 0 radical (unpaired) electrons. The van der Waals surface area contributed by atoms with Crippen LogP contribution in [0, 0.1) is 0 Å². The second kappa shape index (κ2) is 4.53. The number of likely N-dealkylation sites (N-methyl/N-ethyl adjacent to an activating group) is 2. The third-order valence-corrected chi connectivity index (χ3v) is 3.55. The highest BCUT2D eigenvalue weighted by Gasteiger charge is 2.30. The number of hydrogen-bond acceptors (Lipinski definition) is 3. The normalized spacial score (nSPS) is 25.8. The van der Waals surface area contributed by atoms with E-state index < -0.39 is 0 Å². The van der Waals surface area contributed by atoms with Crippen LogP contribution in [0.5, 0.6) is 0 Å². The first-order chi connectivity index (χ1) is 7.65. The number of nitrogens with zero attached hydrogens (tertiary/aromatic N) is 2. The molecule has 1 aromatic rings. The molecule has 2 rings (SSSR count). The quantitative estimate of drug-likeness (QED) is 0.812. The summed E-state index contributed by atoms with van der Waals surface area (Å²) in [7, 11) is 6.43. The molecule has 3 nitrogen and oxygen atoms in total. The average Bonchev–Trinajstić information content (AvgIpc) is 2.28. The standard InChI is InChI=1S/C13H21N3/c1-15(2)13-9-16(3)12(8-14)10-6-4-5-7-11(10)13/h4-7,12-13H,8-9,14H2,1-3H3. The molecule has 0 saturated carbocycles. The fourth-order valence-electron chi connectivity index (χ4n) is 2.60. The van der Waals surface area contributed by atoms with Gasteiger partial charge in [0.15, 0.2) is 0 Å². The Hall–Kier alpha value is -0.900. The fraction of sp³-hybridized carbons (Fsp3) is 0.538. The first-order valence-corrected chi connectivity index (χ1v) is 5.80. The number of benzene rings is 1. The van der Waals surface area contributed by atoms with Crippen molar-refractivity contribution in [2.45, 2.75) is 12.1 Å². The number of rotatable bonds is 2. The van der Waals surface area contributed by atoms with E-state index in [-0.39, 0.29) is 0 Å². The summed E-state index contributed by atoms with van der Waals surface area (Å²) in [5.74, 6) is 0. The average molecular weight is 219 g/mol. The largest absolute Gasteiger partial charge is 0.329 e. The summed E-state index contributed by atoms with van der Waals surface area (Å²) in [6, 6.07) is 9.51. The van der Waals surface area contributed by atoms with Crippen molar-refractivity contribution >= 4 is 0 Å². The Balaban J connectivity index is 2.44. The molecule has 0 fully saturated rings. The Bertz CT molecular complexity index is 347. The van der Waals surface area contributed by atoms with Crippen LogP contribution in [-0.2, 0) is 0 Å². The van der Waals surface area contributed by atoms with Crippen LogP contribution in [0.1, 0.15) is 23.2 Å². The first-order valence-electron chi connectivity index (χ1n) is 5.80. The Morgan fingerprint density at radius 1 is 1.31 bits per heavy atom. The molecule has 1 aliphatic heterocycles. The lowest BCUT2D eigenvalue weighted by molar-refractivity contribution is 0.148. The molecule has 0 amide bonds. The molecule has 1 heterocycles. The van der Waals surface area contributed by atoms with Crippen molar-refractivity contribution in [3.8, 4) is 0 Å². The van der Waals surface area contributed by atoms with E-state index >= 15 is 0 Å². The smallest absolute Gasteiger partial charge is 0.0472 e. The molecule has 0 aliphatic carbocycles. The third-order valence-electron chi connectivity index (χ3n) is 3.55. The van der Waals surface area contributed by atoms with Gasteiger partial charge in [-0.3, -0.25) is 4.90 Å². The van der Waals surface area contributed by atoms with Gasteiger partial charge >= 0.3 is 0 Å². The van der Waals surface area contributed by atoms with Crippen LogP contribution < -0.4 is 5.73 Å². The number of nitrogens with two attached hydrogens (primary N) is 1. The highest BCUT2D eigenvalue weighted by atomic mass is 15.2. The zero-order valence-corrected chi connectivity index (χ0v) is 10.4. The van der Waals surface area contributed by atoms with Crippen molar-refractivity contribution in [1.29, 1.82) is 0 Å². The predicted molar refractivity (Wildman–Crippen MR) is 67.3 cm³/mol. The highest BCUT2D eigenvalue weighted by Crippen LogP contribution is 2.35. The van der Waals surface area contributed by atoms with Crippen LogP contribution in [0.15, 0.2) is 24.3 Å². The van der Waals surface area contributed by atoms with Gasteiger partial charge in [0.2, 0.25) is 0 Å². The molecule has 16 heavy (non-hydrogen) atoms. The van der Waals surface area contributed by atoms with E-state index in [0.717, 1.165) is 6.54 Å². The summed E-state index contributed by atoms with van der Waals surface area (Å²) in [5.41, 5.74) is 8.69. The minimum absolute atomic E-state index is 0.368. The van der Waals surface area contributed by atoms with Gasteiger partial charge in [-0.2, -0.15) is 0 Å². The third kappa shape index (κ3) is 1.86. The molecule has 3 heteroatoms. The molecule has 1 aliphatic rings. The van der Waals surface area contributed by atoms with Gasteiger partial charge in [0.1, 0.15) is 0 Å². The molecular weight excluding hydrogens is 198 g/mol. The topological polar surface area (TPSA) is 32.5 Å². The van der Waals surface area contributed by atoms with E-state index in [1.54, 1.807) is 0 Å². The SMILES string of the molecule is CN(C)C1CN(C)C(CN)c2ccccc21. The van der Waals surface area contributed by atoms with Crippen molar-refractivity contribution in [1.82, 2.24) is 9.80 Å². The van der Waals surface area contributed by atoms with Crippen LogP contribution in [0.25, 0.3) is 0 Å². The van der Waals surface area contributed by atoms with Gasteiger partial charge < -0.3 is 10.6 Å². The maximum absolute atomic E-state index is 5.87. The number of fused-ring (bicyclic) bond motifs is 1. The lowest BCUT2D eigenvalue weighted by Gasteiger charge is -2.41. The van der Waals surface area contributed by atoms with E-state index in [0.29, 0.717) is 18.6 Å². The van der Waals surface area contributed by atoms with Crippen LogP contribution in [0.2, 0.25) is 0 Å². The van der Waals surface area contributed by atoms with Gasteiger partial charge in [-0.1, -0.05) is 24.3 Å². The predicted octanol–water partition coefficient (Wildman–Crippen LogP) is 1.23. The maximum Gasteiger partial charge on any atom is 0.0472 e. The van der Waals surface area contributed by atoms with Gasteiger partial charge in [0.25, 0.3) is 0 Å². The summed E-state index contributed by atoms with van der Waals surface area (Å²) in [6.45, 7) is 1.74. The minimum atomic E-state index is 0.368. The van der Waals surface area contributed by atoms with Gasteiger partial charge in [0.05, 0.1) is 0 Å². The van der Waals surface area contributed by atoms with Crippen molar-refractivity contribution in [2.24, 2.45) is 5.73 Å². The van der Waals surface area contributed by atoms with E-state index in [2.05, 4.69) is 55.2 Å². The van der Waals surface area contributed by atoms with Crippen molar-refractivity contribution < 1.29 is 0 Å². The van der Waals surface area contributed by atoms with Crippen LogP contribution in [0.4, 0.5) is 0 Å². The highest BCUT2D eigenvalue weighted by molar-refractivity contribution is 5.35. The van der Waals surface area contributed by atoms with Gasteiger partial charge in [-0.25, -0.2) is 0 Å². The molecule has 88 valence electrons. The van der Waals surface area contributed by atoms with Gasteiger partial charge in [-0.05, 0) is 32.3 Å². The second-order valence-corrected chi connectivity index (χ2v) is 4.80. The Labute approximate surface area is 97.8 Å². The van der Waals surface area contributed by atoms with E-state index in [4.69, 9.17) is 5.73 Å². The molecule has 1 aromatic carbocycles. The maximum atomic E-state index is 5.87. The first kappa shape index (κ1) is 11.6. The monoisotopic (exact) mass is 219 g/mol. The van der Waals surface area contributed by atoms with Crippen molar-refractivity contribution in [3.63, 3.8) is 0 Å². The summed E-state index contributed by atoms with van der Waals surface area (Å²) < 4.78 is 0. The zero-order valence-electron chi connectivity index (χ0n) is 10.4. The summed E-state index contributed by atoms with van der Waals surface area (Å²) in [5, 5.41) is 0. The molecule has 2 atom stereocenters. The van der Waals surface area contributed by atoms with Crippen molar-refractivity contribution in [2.75, 3.05) is 34.2 Å². The Morgan fingerprint density at radius 3 is 2.50 bits per heavy atom. The lowest BCUT2D eigenvalue weighted by atomic mass is 9.89. The van der Waals surface area contributed by atoms with Crippen molar-refractivity contribution in [3.05, 3.63) is 35.4 Å². The molecule has 2 N–H and O–H groups in total. The van der Waals surface area contributed by atoms with Gasteiger partial charge in [0, 0.05) is 25.2 Å². The molecule has 0 bridgehead atoms. The lowest BCUT2D eigenvalue weighted by Crippen LogP contribution is -2.42. The summed E-state index contributed by atoms with van der Waals surface area (Å²) >= 11 is 0. The van der Waals surface area contributed by atoms with Crippen LogP contribution in [0.3, 0.4) is 0 Å². The van der Waals surface area contributed by atoms with Crippen LogP contribution >= 0.6 is 0 Å². The zero-order chi connectivity index (χ0) is 11.7. The Kier molecular flexibility index (Phi) is 3.28. The molecule has 2 unspecified atom stereocenters. The fourth-order valence-corrected chi connectivity index (χ4v) is 2.60. The number of hydrogen-bond donors (Lipinski definition) is 1. The second-order valence-electron chi connectivity index (χ2n) is 4.80. The molecule has 0 aromatic heterocycles. The van der Waals surface area contributed by atoms with Gasteiger partial charge in [-0.15, -0.1) is 0 Å². The minimum Gasteiger partial charge on any atom is -0.329 e. The molecular formula is C13H21N3. The van der Waals surface area contributed by atoms with E-state index in [9.17, 15) is 0 Å². The van der Waals surface area contributed by atoms with Crippen LogP contribution in [-0.4, -0.2) is 44.0 Å². The van der Waals surface area contributed by atoms with E-state index in [1.165, 1.54) is 11.1 Å². The van der Waals surface area contributed by atoms with E-state index in [1.807, 2.05) is 0 Å².